The lowest BCUT2D eigenvalue weighted by Gasteiger charge is -2.19. The van der Waals surface area contributed by atoms with Crippen molar-refractivity contribution in [3.63, 3.8) is 0 Å². The molecule has 0 radical (unpaired) electrons. The van der Waals surface area contributed by atoms with Gasteiger partial charge in [0.1, 0.15) is 0 Å². The fraction of sp³-hybridized carbons (Fsp3) is 0.263. The predicted molar refractivity (Wildman–Crippen MR) is 94.6 cm³/mol. The van der Waals surface area contributed by atoms with Crippen LogP contribution in [-0.2, 0) is 4.79 Å². The SMILES string of the molecule is CNCCNC(=O)CC(NC(=O)c1ccccc1)c1ccccc1. The van der Waals surface area contributed by atoms with Crippen molar-refractivity contribution in [3.8, 4) is 0 Å². The molecular weight excluding hydrogens is 302 g/mol. The number of benzene rings is 2. The van der Waals surface area contributed by atoms with E-state index >= 15 is 0 Å². The van der Waals surface area contributed by atoms with Crippen LogP contribution < -0.4 is 16.0 Å². The number of carbonyl (C=O) groups is 2. The van der Waals surface area contributed by atoms with E-state index in [1.54, 1.807) is 12.1 Å². The van der Waals surface area contributed by atoms with Gasteiger partial charge in [0.2, 0.25) is 5.91 Å². The Bertz CT molecular complexity index is 644. The Morgan fingerprint density at radius 2 is 1.54 bits per heavy atom. The number of carbonyl (C=O) groups excluding carboxylic acids is 2. The molecular formula is C19H23N3O2. The summed E-state index contributed by atoms with van der Waals surface area (Å²) in [5.41, 5.74) is 1.49. The van der Waals surface area contributed by atoms with Gasteiger partial charge in [-0.2, -0.15) is 0 Å². The van der Waals surface area contributed by atoms with Crippen LogP contribution in [0.3, 0.4) is 0 Å². The third kappa shape index (κ3) is 5.52. The van der Waals surface area contributed by atoms with E-state index in [1.807, 2.05) is 55.6 Å². The van der Waals surface area contributed by atoms with Gasteiger partial charge in [-0.15, -0.1) is 0 Å². The highest BCUT2D eigenvalue weighted by atomic mass is 16.2. The first kappa shape index (κ1) is 17.7. The molecule has 0 saturated carbocycles. The maximum Gasteiger partial charge on any atom is 0.251 e. The molecule has 5 heteroatoms. The minimum Gasteiger partial charge on any atom is -0.355 e. The molecule has 1 atom stereocenters. The first-order chi connectivity index (χ1) is 11.7. The molecule has 5 nitrogen and oxygen atoms in total. The third-order valence-corrected chi connectivity index (χ3v) is 3.63. The minimum absolute atomic E-state index is 0.0903. The highest BCUT2D eigenvalue weighted by Gasteiger charge is 2.18. The highest BCUT2D eigenvalue weighted by Crippen LogP contribution is 2.17. The first-order valence-electron chi connectivity index (χ1n) is 8.03. The van der Waals surface area contributed by atoms with E-state index in [2.05, 4.69) is 16.0 Å². The Labute approximate surface area is 142 Å². The summed E-state index contributed by atoms with van der Waals surface area (Å²) in [7, 11) is 1.83. The van der Waals surface area contributed by atoms with Crippen molar-refractivity contribution in [1.82, 2.24) is 16.0 Å². The quantitative estimate of drug-likeness (QED) is 0.649. The number of hydrogen-bond acceptors (Lipinski definition) is 3. The lowest BCUT2D eigenvalue weighted by atomic mass is 10.0. The second-order valence-corrected chi connectivity index (χ2v) is 5.46. The molecule has 2 aromatic carbocycles. The normalized spacial score (nSPS) is 11.5. The summed E-state index contributed by atoms with van der Waals surface area (Å²) < 4.78 is 0. The van der Waals surface area contributed by atoms with Crippen molar-refractivity contribution in [3.05, 3.63) is 71.8 Å². The van der Waals surface area contributed by atoms with E-state index in [9.17, 15) is 9.59 Å². The van der Waals surface area contributed by atoms with Crippen LogP contribution in [0.15, 0.2) is 60.7 Å². The highest BCUT2D eigenvalue weighted by molar-refractivity contribution is 5.94. The van der Waals surface area contributed by atoms with E-state index in [-0.39, 0.29) is 24.3 Å². The minimum atomic E-state index is -0.367. The van der Waals surface area contributed by atoms with Crippen molar-refractivity contribution in [2.75, 3.05) is 20.1 Å². The van der Waals surface area contributed by atoms with Crippen LogP contribution in [0.2, 0.25) is 0 Å². The van der Waals surface area contributed by atoms with Crippen LogP contribution >= 0.6 is 0 Å². The molecule has 0 bridgehead atoms. The van der Waals surface area contributed by atoms with Crippen LogP contribution in [0.25, 0.3) is 0 Å². The molecule has 2 rings (SSSR count). The standard InChI is InChI=1S/C19H23N3O2/c1-20-12-13-21-18(23)14-17(15-8-4-2-5-9-15)22-19(24)16-10-6-3-7-11-16/h2-11,17,20H,12-14H2,1H3,(H,21,23)(H,22,24). The van der Waals surface area contributed by atoms with Gasteiger partial charge < -0.3 is 16.0 Å². The van der Waals surface area contributed by atoms with E-state index in [1.165, 1.54) is 0 Å². The van der Waals surface area contributed by atoms with Gasteiger partial charge in [-0.1, -0.05) is 48.5 Å². The van der Waals surface area contributed by atoms with Crippen LogP contribution in [0, 0.1) is 0 Å². The van der Waals surface area contributed by atoms with Crippen molar-refractivity contribution >= 4 is 11.8 Å². The molecule has 0 fully saturated rings. The number of amides is 2. The molecule has 2 amide bonds. The van der Waals surface area contributed by atoms with Gasteiger partial charge in [0.05, 0.1) is 12.5 Å². The zero-order chi connectivity index (χ0) is 17.2. The first-order valence-corrected chi connectivity index (χ1v) is 8.03. The molecule has 0 heterocycles. The smallest absolute Gasteiger partial charge is 0.251 e. The van der Waals surface area contributed by atoms with Crippen molar-refractivity contribution in [2.45, 2.75) is 12.5 Å². The fourth-order valence-electron chi connectivity index (χ4n) is 2.35. The Morgan fingerprint density at radius 3 is 2.17 bits per heavy atom. The van der Waals surface area contributed by atoms with E-state index in [4.69, 9.17) is 0 Å². The van der Waals surface area contributed by atoms with E-state index in [0.29, 0.717) is 18.7 Å². The molecule has 0 aliphatic carbocycles. The van der Waals surface area contributed by atoms with Crippen LogP contribution in [0.5, 0.6) is 0 Å². The van der Waals surface area contributed by atoms with Gasteiger partial charge in [0, 0.05) is 18.7 Å². The van der Waals surface area contributed by atoms with Crippen LogP contribution in [0.4, 0.5) is 0 Å². The van der Waals surface area contributed by atoms with Gasteiger partial charge in [-0.3, -0.25) is 9.59 Å². The van der Waals surface area contributed by atoms with Gasteiger partial charge >= 0.3 is 0 Å². The largest absolute Gasteiger partial charge is 0.355 e. The molecule has 0 aliphatic rings. The monoisotopic (exact) mass is 325 g/mol. The lowest BCUT2D eigenvalue weighted by Crippen LogP contribution is -2.35. The summed E-state index contributed by atoms with van der Waals surface area (Å²) in [4.78, 5) is 24.5. The van der Waals surface area contributed by atoms with Crippen molar-refractivity contribution in [1.29, 1.82) is 0 Å². The van der Waals surface area contributed by atoms with Crippen molar-refractivity contribution in [2.24, 2.45) is 0 Å². The topological polar surface area (TPSA) is 70.2 Å². The summed E-state index contributed by atoms with van der Waals surface area (Å²) in [6.07, 6.45) is 0.201. The lowest BCUT2D eigenvalue weighted by molar-refractivity contribution is -0.121. The molecule has 3 N–H and O–H groups in total. The average Bonchev–Trinajstić information content (AvgIpc) is 2.63. The predicted octanol–water partition coefficient (Wildman–Crippen LogP) is 1.88. The molecule has 126 valence electrons. The Morgan fingerprint density at radius 1 is 0.917 bits per heavy atom. The summed E-state index contributed by atoms with van der Waals surface area (Å²) in [5.74, 6) is -0.278. The van der Waals surface area contributed by atoms with Crippen LogP contribution in [0.1, 0.15) is 28.4 Å². The van der Waals surface area contributed by atoms with Gasteiger partial charge in [0.25, 0.3) is 5.91 Å². The molecule has 2 aromatic rings. The number of nitrogens with one attached hydrogen (secondary N) is 3. The van der Waals surface area contributed by atoms with E-state index in [0.717, 1.165) is 5.56 Å². The molecule has 0 saturated heterocycles. The Hall–Kier alpha value is -2.66. The second kappa shape index (κ2) is 9.47. The number of likely N-dealkylation sites (N-methyl/N-ethyl adjacent to an activating group) is 1. The number of rotatable bonds is 8. The Balaban J connectivity index is 2.06. The van der Waals surface area contributed by atoms with Gasteiger partial charge in [-0.05, 0) is 24.7 Å². The maximum atomic E-state index is 12.4. The molecule has 0 spiro atoms. The zero-order valence-corrected chi connectivity index (χ0v) is 13.8. The zero-order valence-electron chi connectivity index (χ0n) is 13.8. The van der Waals surface area contributed by atoms with E-state index < -0.39 is 0 Å². The summed E-state index contributed by atoms with van der Waals surface area (Å²) >= 11 is 0. The maximum absolute atomic E-state index is 12.4. The van der Waals surface area contributed by atoms with Crippen LogP contribution in [-0.4, -0.2) is 32.0 Å². The molecule has 0 aromatic heterocycles. The molecule has 1 unspecified atom stereocenters. The molecule has 24 heavy (non-hydrogen) atoms. The average molecular weight is 325 g/mol. The number of hydrogen-bond donors (Lipinski definition) is 3. The second-order valence-electron chi connectivity index (χ2n) is 5.46. The summed E-state index contributed by atoms with van der Waals surface area (Å²) in [6, 6.07) is 18.2. The third-order valence-electron chi connectivity index (χ3n) is 3.63. The van der Waals surface area contributed by atoms with Gasteiger partial charge in [-0.25, -0.2) is 0 Å². The van der Waals surface area contributed by atoms with Crippen molar-refractivity contribution < 1.29 is 9.59 Å². The Kier molecular flexibility index (Phi) is 6.98. The molecule has 0 aliphatic heterocycles. The summed E-state index contributed by atoms with van der Waals surface area (Å²) in [5, 5.41) is 8.78. The van der Waals surface area contributed by atoms with Gasteiger partial charge in [0.15, 0.2) is 0 Å². The fourth-order valence-corrected chi connectivity index (χ4v) is 2.35. The summed E-state index contributed by atoms with van der Waals surface area (Å²) in [6.45, 7) is 1.27.